The van der Waals surface area contributed by atoms with Crippen LogP contribution < -0.4 is 0 Å². The fourth-order valence-corrected chi connectivity index (χ4v) is 2.65. The molecule has 0 atom stereocenters. The maximum Gasteiger partial charge on any atom is 0.152 e. The first kappa shape index (κ1) is 10.4. The SMILES string of the molecule is Cc1cc(Br)cc2c(C=O)c(C)n(C)c12. The molecule has 3 heteroatoms. The Balaban J connectivity index is 3.03. The highest BCUT2D eigenvalue weighted by atomic mass is 79.9. The minimum Gasteiger partial charge on any atom is -0.347 e. The number of nitrogens with zero attached hydrogens (tertiary/aromatic N) is 1. The van der Waals surface area contributed by atoms with Crippen LogP contribution in [0.2, 0.25) is 0 Å². The summed E-state index contributed by atoms with van der Waals surface area (Å²) in [5.41, 5.74) is 4.12. The van der Waals surface area contributed by atoms with Crippen LogP contribution in [0.15, 0.2) is 16.6 Å². The van der Waals surface area contributed by atoms with Crippen LogP contribution in [0, 0.1) is 13.8 Å². The van der Waals surface area contributed by atoms with Gasteiger partial charge < -0.3 is 4.57 Å². The third-order valence-electron chi connectivity index (χ3n) is 2.90. The maximum atomic E-state index is 11.0. The van der Waals surface area contributed by atoms with Gasteiger partial charge in [-0.25, -0.2) is 0 Å². The van der Waals surface area contributed by atoms with Crippen molar-refractivity contribution in [1.29, 1.82) is 0 Å². The lowest BCUT2D eigenvalue weighted by Gasteiger charge is -2.02. The zero-order valence-electron chi connectivity index (χ0n) is 8.97. The zero-order chi connectivity index (χ0) is 11.2. The van der Waals surface area contributed by atoms with Gasteiger partial charge >= 0.3 is 0 Å². The van der Waals surface area contributed by atoms with Crippen molar-refractivity contribution in [2.75, 3.05) is 0 Å². The van der Waals surface area contributed by atoms with Crippen molar-refractivity contribution in [1.82, 2.24) is 4.57 Å². The average Bonchev–Trinajstić information content (AvgIpc) is 2.39. The summed E-state index contributed by atoms with van der Waals surface area (Å²) in [5.74, 6) is 0. The Bertz CT molecular complexity index is 554. The lowest BCUT2D eigenvalue weighted by molar-refractivity contribution is 0.112. The number of hydrogen-bond acceptors (Lipinski definition) is 1. The minimum absolute atomic E-state index is 0.789. The monoisotopic (exact) mass is 265 g/mol. The van der Waals surface area contributed by atoms with E-state index in [-0.39, 0.29) is 0 Å². The van der Waals surface area contributed by atoms with E-state index in [2.05, 4.69) is 33.5 Å². The Hall–Kier alpha value is -1.09. The van der Waals surface area contributed by atoms with Crippen LogP contribution in [0.1, 0.15) is 21.6 Å². The molecule has 0 radical (unpaired) electrons. The van der Waals surface area contributed by atoms with Crippen molar-refractivity contribution in [2.45, 2.75) is 13.8 Å². The van der Waals surface area contributed by atoms with Gasteiger partial charge in [0.25, 0.3) is 0 Å². The highest BCUT2D eigenvalue weighted by Gasteiger charge is 2.13. The summed E-state index contributed by atoms with van der Waals surface area (Å²) in [4.78, 5) is 11.0. The van der Waals surface area contributed by atoms with E-state index in [0.717, 1.165) is 32.9 Å². The molecule has 0 unspecified atom stereocenters. The number of aromatic nitrogens is 1. The van der Waals surface area contributed by atoms with Gasteiger partial charge in [-0.05, 0) is 31.5 Å². The predicted molar refractivity (Wildman–Crippen MR) is 65.5 cm³/mol. The highest BCUT2D eigenvalue weighted by molar-refractivity contribution is 9.10. The van der Waals surface area contributed by atoms with Gasteiger partial charge in [0.05, 0.1) is 5.52 Å². The molecular weight excluding hydrogens is 254 g/mol. The molecule has 0 aliphatic rings. The molecule has 2 aromatic rings. The first-order valence-corrected chi connectivity index (χ1v) is 5.56. The lowest BCUT2D eigenvalue weighted by atomic mass is 10.1. The summed E-state index contributed by atoms with van der Waals surface area (Å²) in [5, 5.41) is 1.02. The number of carbonyl (C=O) groups is 1. The molecule has 0 N–H and O–H groups in total. The number of halogens is 1. The highest BCUT2D eigenvalue weighted by Crippen LogP contribution is 2.29. The standard InChI is InChI=1S/C12H12BrNO/c1-7-4-9(13)5-10-11(6-15)8(2)14(3)12(7)10/h4-6H,1-3H3. The van der Waals surface area contributed by atoms with Crippen LogP contribution in [-0.2, 0) is 7.05 Å². The molecule has 2 nitrogen and oxygen atoms in total. The van der Waals surface area contributed by atoms with E-state index in [1.807, 2.05) is 20.0 Å². The van der Waals surface area contributed by atoms with E-state index in [1.54, 1.807) is 0 Å². The normalized spacial score (nSPS) is 10.9. The second-order valence-electron chi connectivity index (χ2n) is 3.79. The molecule has 78 valence electrons. The third kappa shape index (κ3) is 1.42. The fraction of sp³-hybridized carbons (Fsp3) is 0.250. The van der Waals surface area contributed by atoms with Crippen LogP contribution in [0.3, 0.4) is 0 Å². The van der Waals surface area contributed by atoms with Gasteiger partial charge in [0, 0.05) is 28.2 Å². The second kappa shape index (κ2) is 3.49. The molecule has 2 rings (SSSR count). The van der Waals surface area contributed by atoms with Crippen molar-refractivity contribution in [3.63, 3.8) is 0 Å². The summed E-state index contributed by atoms with van der Waals surface area (Å²) in [7, 11) is 1.99. The number of aldehydes is 1. The number of fused-ring (bicyclic) bond motifs is 1. The molecule has 0 amide bonds. The molecule has 0 aliphatic heterocycles. The van der Waals surface area contributed by atoms with E-state index in [9.17, 15) is 4.79 Å². The quantitative estimate of drug-likeness (QED) is 0.725. The summed E-state index contributed by atoms with van der Waals surface area (Å²) >= 11 is 3.46. The molecule has 15 heavy (non-hydrogen) atoms. The smallest absolute Gasteiger partial charge is 0.152 e. The van der Waals surface area contributed by atoms with Gasteiger partial charge in [0.2, 0.25) is 0 Å². The molecule has 1 aromatic heterocycles. The largest absolute Gasteiger partial charge is 0.347 e. The van der Waals surface area contributed by atoms with Crippen LogP contribution >= 0.6 is 15.9 Å². The third-order valence-corrected chi connectivity index (χ3v) is 3.36. The maximum absolute atomic E-state index is 11.0. The van der Waals surface area contributed by atoms with E-state index >= 15 is 0 Å². The molecule has 1 aromatic carbocycles. The molecule has 0 saturated heterocycles. The molecule has 0 saturated carbocycles. The first-order chi connectivity index (χ1) is 7.06. The summed E-state index contributed by atoms with van der Waals surface area (Å²) in [6.45, 7) is 4.03. The molecule has 1 heterocycles. The van der Waals surface area contributed by atoms with Crippen molar-refractivity contribution >= 4 is 33.1 Å². The summed E-state index contributed by atoms with van der Waals surface area (Å²) in [6.07, 6.45) is 0.934. The van der Waals surface area contributed by atoms with Gasteiger partial charge in [-0.15, -0.1) is 0 Å². The van der Waals surface area contributed by atoms with E-state index in [1.165, 1.54) is 5.56 Å². The van der Waals surface area contributed by atoms with Crippen LogP contribution in [0.5, 0.6) is 0 Å². The van der Waals surface area contributed by atoms with Crippen molar-refractivity contribution < 1.29 is 4.79 Å². The van der Waals surface area contributed by atoms with Gasteiger partial charge in [-0.3, -0.25) is 4.79 Å². The van der Waals surface area contributed by atoms with Crippen LogP contribution in [0.4, 0.5) is 0 Å². The van der Waals surface area contributed by atoms with E-state index < -0.39 is 0 Å². The van der Waals surface area contributed by atoms with Crippen molar-refractivity contribution in [2.24, 2.45) is 7.05 Å². The number of rotatable bonds is 1. The Labute approximate surface area is 97.0 Å². The molecule has 0 bridgehead atoms. The molecular formula is C12H12BrNO. The van der Waals surface area contributed by atoms with Crippen molar-refractivity contribution in [3.05, 3.63) is 33.4 Å². The van der Waals surface area contributed by atoms with Crippen LogP contribution in [0.25, 0.3) is 10.9 Å². The Morgan fingerprint density at radius 1 is 1.33 bits per heavy atom. The van der Waals surface area contributed by atoms with Gasteiger partial charge in [-0.2, -0.15) is 0 Å². The predicted octanol–water partition coefficient (Wildman–Crippen LogP) is 3.37. The minimum atomic E-state index is 0.789. The van der Waals surface area contributed by atoms with Gasteiger partial charge in [0.15, 0.2) is 6.29 Å². The van der Waals surface area contributed by atoms with Gasteiger partial charge in [0.1, 0.15) is 0 Å². The average molecular weight is 266 g/mol. The number of aryl methyl sites for hydroxylation is 2. The second-order valence-corrected chi connectivity index (χ2v) is 4.71. The summed E-state index contributed by atoms with van der Waals surface area (Å²) in [6, 6.07) is 4.06. The lowest BCUT2D eigenvalue weighted by Crippen LogP contribution is -1.92. The first-order valence-electron chi connectivity index (χ1n) is 4.76. The number of hydrogen-bond donors (Lipinski definition) is 0. The molecule has 0 fully saturated rings. The van der Waals surface area contributed by atoms with E-state index in [0.29, 0.717) is 0 Å². The fourth-order valence-electron chi connectivity index (χ4n) is 2.08. The molecule has 0 spiro atoms. The van der Waals surface area contributed by atoms with Gasteiger partial charge in [-0.1, -0.05) is 15.9 Å². The van der Waals surface area contributed by atoms with Crippen LogP contribution in [-0.4, -0.2) is 10.9 Å². The Morgan fingerprint density at radius 3 is 2.60 bits per heavy atom. The molecule has 0 aliphatic carbocycles. The topological polar surface area (TPSA) is 22.0 Å². The summed E-state index contributed by atoms with van der Waals surface area (Å²) < 4.78 is 3.09. The van der Waals surface area contributed by atoms with E-state index in [4.69, 9.17) is 0 Å². The number of benzene rings is 1. The Kier molecular flexibility index (Phi) is 2.43. The Morgan fingerprint density at radius 2 is 2.00 bits per heavy atom. The zero-order valence-corrected chi connectivity index (χ0v) is 10.6. The number of carbonyl (C=O) groups excluding carboxylic acids is 1. The van der Waals surface area contributed by atoms with Crippen molar-refractivity contribution in [3.8, 4) is 0 Å².